The van der Waals surface area contributed by atoms with Gasteiger partial charge in [0, 0.05) is 18.6 Å². The minimum atomic E-state index is 0.379. The minimum Gasteiger partial charge on any atom is -0.328 e. The second-order valence-corrected chi connectivity index (χ2v) is 5.52. The van der Waals surface area contributed by atoms with Crippen molar-refractivity contribution in [2.75, 3.05) is 13.1 Å². The Morgan fingerprint density at radius 1 is 1.36 bits per heavy atom. The molecule has 2 fully saturated rings. The average molecular weight is 196 g/mol. The van der Waals surface area contributed by atoms with Gasteiger partial charge in [-0.15, -0.1) is 0 Å². The van der Waals surface area contributed by atoms with Crippen LogP contribution in [0.2, 0.25) is 0 Å². The highest BCUT2D eigenvalue weighted by Crippen LogP contribution is 2.43. The molecule has 2 aliphatic rings. The molecule has 14 heavy (non-hydrogen) atoms. The summed E-state index contributed by atoms with van der Waals surface area (Å²) in [6.07, 6.45) is 2.75. The van der Waals surface area contributed by atoms with E-state index in [1.165, 1.54) is 25.9 Å². The summed E-state index contributed by atoms with van der Waals surface area (Å²) in [4.78, 5) is 2.65. The van der Waals surface area contributed by atoms with Gasteiger partial charge in [0.2, 0.25) is 0 Å². The molecule has 1 aliphatic heterocycles. The van der Waals surface area contributed by atoms with Crippen LogP contribution < -0.4 is 5.73 Å². The van der Waals surface area contributed by atoms with Crippen molar-refractivity contribution < 1.29 is 0 Å². The zero-order valence-corrected chi connectivity index (χ0v) is 9.74. The normalized spacial score (nSPS) is 42.4. The van der Waals surface area contributed by atoms with Crippen molar-refractivity contribution in [3.05, 3.63) is 0 Å². The fourth-order valence-corrected chi connectivity index (χ4v) is 2.91. The van der Waals surface area contributed by atoms with Crippen molar-refractivity contribution in [1.82, 2.24) is 4.90 Å². The van der Waals surface area contributed by atoms with E-state index in [2.05, 4.69) is 25.7 Å². The first kappa shape index (κ1) is 10.4. The van der Waals surface area contributed by atoms with Gasteiger partial charge in [0.1, 0.15) is 0 Å². The quantitative estimate of drug-likeness (QED) is 0.744. The number of likely N-dealkylation sites (tertiary alicyclic amines) is 1. The summed E-state index contributed by atoms with van der Waals surface area (Å²) in [5, 5.41) is 0. The SMILES string of the molecule is CC(N)C1CCN(C(C)C2CC2C)C1. The molecule has 0 aromatic carbocycles. The highest BCUT2D eigenvalue weighted by atomic mass is 15.2. The summed E-state index contributed by atoms with van der Waals surface area (Å²) in [6, 6.07) is 1.18. The highest BCUT2D eigenvalue weighted by Gasteiger charge is 2.41. The van der Waals surface area contributed by atoms with Gasteiger partial charge in [0.25, 0.3) is 0 Å². The van der Waals surface area contributed by atoms with Crippen LogP contribution in [0.1, 0.15) is 33.6 Å². The molecule has 0 aromatic rings. The number of rotatable bonds is 3. The molecule has 1 saturated carbocycles. The third-order valence-electron chi connectivity index (χ3n) is 4.37. The minimum absolute atomic E-state index is 0.379. The second kappa shape index (κ2) is 3.82. The van der Waals surface area contributed by atoms with Crippen LogP contribution in [-0.2, 0) is 0 Å². The van der Waals surface area contributed by atoms with Crippen LogP contribution in [0.3, 0.4) is 0 Å². The number of hydrogen-bond acceptors (Lipinski definition) is 2. The molecule has 0 spiro atoms. The Balaban J connectivity index is 1.83. The maximum atomic E-state index is 5.95. The number of nitrogens with zero attached hydrogens (tertiary/aromatic N) is 1. The Bertz CT molecular complexity index is 202. The molecule has 1 saturated heterocycles. The lowest BCUT2D eigenvalue weighted by molar-refractivity contribution is 0.218. The predicted octanol–water partition coefficient (Wildman–Crippen LogP) is 1.70. The fourth-order valence-electron chi connectivity index (χ4n) is 2.91. The van der Waals surface area contributed by atoms with E-state index < -0.39 is 0 Å². The molecule has 0 aromatic heterocycles. The van der Waals surface area contributed by atoms with E-state index in [9.17, 15) is 0 Å². The monoisotopic (exact) mass is 196 g/mol. The molecule has 1 aliphatic carbocycles. The number of nitrogens with two attached hydrogens (primary N) is 1. The van der Waals surface area contributed by atoms with Crippen LogP contribution in [0.25, 0.3) is 0 Å². The van der Waals surface area contributed by atoms with Crippen molar-refractivity contribution in [3.8, 4) is 0 Å². The van der Waals surface area contributed by atoms with Gasteiger partial charge in [0.15, 0.2) is 0 Å². The molecule has 5 atom stereocenters. The standard InChI is InChI=1S/C12H24N2/c1-8-6-12(8)10(3)14-5-4-11(7-14)9(2)13/h8-12H,4-7,13H2,1-3H3. The van der Waals surface area contributed by atoms with Crippen molar-refractivity contribution in [2.24, 2.45) is 23.5 Å². The Labute approximate surface area is 87.8 Å². The lowest BCUT2D eigenvalue weighted by Gasteiger charge is -2.25. The molecular weight excluding hydrogens is 172 g/mol. The van der Waals surface area contributed by atoms with Crippen molar-refractivity contribution in [3.63, 3.8) is 0 Å². The molecule has 0 radical (unpaired) electrons. The van der Waals surface area contributed by atoms with E-state index in [1.54, 1.807) is 0 Å². The molecule has 2 N–H and O–H groups in total. The molecule has 0 bridgehead atoms. The molecular formula is C12H24N2. The lowest BCUT2D eigenvalue weighted by atomic mass is 10.0. The van der Waals surface area contributed by atoms with E-state index >= 15 is 0 Å². The van der Waals surface area contributed by atoms with Gasteiger partial charge in [-0.1, -0.05) is 6.92 Å². The molecule has 2 heteroatoms. The molecule has 1 heterocycles. The fraction of sp³-hybridized carbons (Fsp3) is 1.00. The van der Waals surface area contributed by atoms with Gasteiger partial charge in [-0.2, -0.15) is 0 Å². The van der Waals surface area contributed by atoms with Crippen LogP contribution in [0, 0.1) is 17.8 Å². The van der Waals surface area contributed by atoms with Crippen molar-refractivity contribution >= 4 is 0 Å². The molecule has 5 unspecified atom stereocenters. The van der Waals surface area contributed by atoms with Gasteiger partial charge in [0.05, 0.1) is 0 Å². The lowest BCUT2D eigenvalue weighted by Crippen LogP contribution is -2.35. The zero-order chi connectivity index (χ0) is 10.3. The zero-order valence-electron chi connectivity index (χ0n) is 9.74. The van der Waals surface area contributed by atoms with Gasteiger partial charge in [-0.25, -0.2) is 0 Å². The van der Waals surface area contributed by atoms with Crippen LogP contribution in [0.15, 0.2) is 0 Å². The van der Waals surface area contributed by atoms with Crippen molar-refractivity contribution in [1.29, 1.82) is 0 Å². The summed E-state index contributed by atoms with van der Waals surface area (Å²) in [5.41, 5.74) is 5.95. The molecule has 82 valence electrons. The first-order valence-electron chi connectivity index (χ1n) is 6.09. The van der Waals surface area contributed by atoms with Crippen LogP contribution >= 0.6 is 0 Å². The molecule has 2 nitrogen and oxygen atoms in total. The van der Waals surface area contributed by atoms with E-state index in [-0.39, 0.29) is 0 Å². The maximum Gasteiger partial charge on any atom is 0.00979 e. The first-order valence-corrected chi connectivity index (χ1v) is 6.09. The van der Waals surface area contributed by atoms with Gasteiger partial charge >= 0.3 is 0 Å². The Morgan fingerprint density at radius 3 is 2.43 bits per heavy atom. The maximum absolute atomic E-state index is 5.95. The second-order valence-electron chi connectivity index (χ2n) is 5.52. The number of hydrogen-bond donors (Lipinski definition) is 1. The third-order valence-corrected chi connectivity index (χ3v) is 4.37. The van der Waals surface area contributed by atoms with E-state index in [4.69, 9.17) is 5.73 Å². The summed E-state index contributed by atoms with van der Waals surface area (Å²) in [7, 11) is 0. The Morgan fingerprint density at radius 2 is 2.00 bits per heavy atom. The summed E-state index contributed by atoms with van der Waals surface area (Å²) < 4.78 is 0. The predicted molar refractivity (Wildman–Crippen MR) is 60.1 cm³/mol. The molecule has 0 amide bonds. The third kappa shape index (κ3) is 1.96. The van der Waals surface area contributed by atoms with Crippen LogP contribution in [0.4, 0.5) is 0 Å². The largest absolute Gasteiger partial charge is 0.328 e. The Hall–Kier alpha value is -0.0800. The first-order chi connectivity index (χ1) is 6.59. The topological polar surface area (TPSA) is 29.3 Å². The van der Waals surface area contributed by atoms with Gasteiger partial charge in [-0.05, 0) is 51.0 Å². The Kier molecular flexibility index (Phi) is 2.85. The summed E-state index contributed by atoms with van der Waals surface area (Å²) in [5.74, 6) is 2.69. The van der Waals surface area contributed by atoms with E-state index in [1.807, 2.05) is 0 Å². The average Bonchev–Trinajstić information content (AvgIpc) is 2.69. The highest BCUT2D eigenvalue weighted by molar-refractivity contribution is 4.94. The van der Waals surface area contributed by atoms with Crippen molar-refractivity contribution in [2.45, 2.75) is 45.7 Å². The smallest absolute Gasteiger partial charge is 0.00979 e. The van der Waals surface area contributed by atoms with Crippen LogP contribution in [-0.4, -0.2) is 30.1 Å². The summed E-state index contributed by atoms with van der Waals surface area (Å²) >= 11 is 0. The van der Waals surface area contributed by atoms with Gasteiger partial charge < -0.3 is 10.6 Å². The molecule has 2 rings (SSSR count). The van der Waals surface area contributed by atoms with E-state index in [0.717, 1.165) is 23.8 Å². The van der Waals surface area contributed by atoms with E-state index in [0.29, 0.717) is 6.04 Å². The van der Waals surface area contributed by atoms with Gasteiger partial charge in [-0.3, -0.25) is 0 Å². The summed E-state index contributed by atoms with van der Waals surface area (Å²) in [6.45, 7) is 9.44. The van der Waals surface area contributed by atoms with Crippen LogP contribution in [0.5, 0.6) is 0 Å².